The number of thiazole rings is 1. The van der Waals surface area contributed by atoms with Gasteiger partial charge >= 0.3 is 0 Å². The fourth-order valence-corrected chi connectivity index (χ4v) is 8.92. The predicted molar refractivity (Wildman–Crippen MR) is 118 cm³/mol. The zero-order chi connectivity index (χ0) is 21.2. The van der Waals surface area contributed by atoms with E-state index in [4.69, 9.17) is 0 Å². The largest absolute Gasteiger partial charge is 0.326 e. The van der Waals surface area contributed by atoms with Crippen LogP contribution in [0.2, 0.25) is 0 Å². The lowest BCUT2D eigenvalue weighted by Crippen LogP contribution is -2.58. The third-order valence-corrected chi connectivity index (χ3v) is 9.36. The molecule has 0 saturated heterocycles. The van der Waals surface area contributed by atoms with Gasteiger partial charge in [-0.25, -0.2) is 13.4 Å². The molecule has 4 bridgehead atoms. The Morgan fingerprint density at radius 3 is 2.30 bits per heavy atom. The molecule has 1 aromatic heterocycles. The second-order valence-electron chi connectivity index (χ2n) is 10.3. The van der Waals surface area contributed by atoms with Crippen molar-refractivity contribution in [2.24, 2.45) is 22.2 Å². The van der Waals surface area contributed by atoms with E-state index >= 15 is 0 Å². The first kappa shape index (κ1) is 20.0. The second-order valence-corrected chi connectivity index (χ2v) is 12.9. The Bertz CT molecular complexity index is 1060. The molecule has 6 rings (SSSR count). The molecule has 0 spiro atoms. The number of benzene rings is 1. The summed E-state index contributed by atoms with van der Waals surface area (Å²) in [6.45, 7) is 4.71. The van der Waals surface area contributed by atoms with Crippen LogP contribution < -0.4 is 10.0 Å². The molecule has 8 heteroatoms. The van der Waals surface area contributed by atoms with Crippen LogP contribution >= 0.6 is 11.3 Å². The number of nitrogens with one attached hydrogen (secondary N) is 2. The van der Waals surface area contributed by atoms with Crippen LogP contribution in [0.1, 0.15) is 52.4 Å². The van der Waals surface area contributed by atoms with E-state index in [2.05, 4.69) is 28.9 Å². The van der Waals surface area contributed by atoms with Crippen molar-refractivity contribution in [3.05, 3.63) is 35.8 Å². The first-order valence-corrected chi connectivity index (χ1v) is 12.8. The number of anilines is 2. The number of nitrogens with zero attached hydrogens (tertiary/aromatic N) is 1. The lowest BCUT2D eigenvalue weighted by molar-refractivity contribution is -0.165. The summed E-state index contributed by atoms with van der Waals surface area (Å²) in [5.41, 5.74) is 0.884. The average molecular weight is 446 g/mol. The van der Waals surface area contributed by atoms with Crippen LogP contribution in [0.15, 0.2) is 40.7 Å². The molecular weight excluding hydrogens is 418 g/mol. The Morgan fingerprint density at radius 1 is 1.07 bits per heavy atom. The molecule has 4 fully saturated rings. The molecule has 4 atom stereocenters. The van der Waals surface area contributed by atoms with E-state index in [1.807, 2.05) is 0 Å². The van der Waals surface area contributed by atoms with Gasteiger partial charge in [0.1, 0.15) is 0 Å². The van der Waals surface area contributed by atoms with Gasteiger partial charge in [0.15, 0.2) is 5.13 Å². The summed E-state index contributed by atoms with van der Waals surface area (Å²) in [6.07, 6.45) is 8.17. The number of carbonyl (C=O) groups excluding carboxylic acids is 1. The number of hydrogen-bond acceptors (Lipinski definition) is 5. The van der Waals surface area contributed by atoms with Crippen molar-refractivity contribution in [3.63, 3.8) is 0 Å². The Kier molecular flexibility index (Phi) is 4.35. The molecule has 6 nitrogen and oxygen atoms in total. The number of amides is 1. The van der Waals surface area contributed by atoms with Crippen molar-refractivity contribution in [1.82, 2.24) is 4.98 Å². The summed E-state index contributed by atoms with van der Waals surface area (Å²) in [5.74, 6) is 0.743. The van der Waals surface area contributed by atoms with Gasteiger partial charge in [0, 0.05) is 17.3 Å². The lowest BCUT2D eigenvalue weighted by Gasteiger charge is -2.64. The molecule has 1 aromatic carbocycles. The molecular formula is C22H27N3O3S2. The molecule has 4 aliphatic carbocycles. The average Bonchev–Trinajstić information content (AvgIpc) is 3.11. The third kappa shape index (κ3) is 3.43. The summed E-state index contributed by atoms with van der Waals surface area (Å²) >= 11 is 1.22. The zero-order valence-electron chi connectivity index (χ0n) is 17.3. The minimum atomic E-state index is -3.70. The van der Waals surface area contributed by atoms with Crippen molar-refractivity contribution >= 4 is 38.1 Å². The number of hydrogen-bond donors (Lipinski definition) is 2. The summed E-state index contributed by atoms with van der Waals surface area (Å²) < 4.78 is 27.5. The van der Waals surface area contributed by atoms with Gasteiger partial charge in [-0.15, -0.1) is 11.3 Å². The van der Waals surface area contributed by atoms with Gasteiger partial charge in [0.2, 0.25) is 5.91 Å². The second kappa shape index (κ2) is 6.53. The van der Waals surface area contributed by atoms with Crippen LogP contribution in [0.3, 0.4) is 0 Å². The van der Waals surface area contributed by atoms with Crippen LogP contribution in [0.25, 0.3) is 0 Å². The van der Waals surface area contributed by atoms with Crippen molar-refractivity contribution in [2.75, 3.05) is 10.0 Å². The van der Waals surface area contributed by atoms with Gasteiger partial charge in [-0.05, 0) is 79.5 Å². The van der Waals surface area contributed by atoms with E-state index < -0.39 is 10.0 Å². The maximum absolute atomic E-state index is 13.4. The van der Waals surface area contributed by atoms with Crippen LogP contribution in [0.4, 0.5) is 10.8 Å². The number of sulfonamides is 1. The number of carbonyl (C=O) groups is 1. The predicted octanol–water partition coefficient (Wildman–Crippen LogP) is 4.88. The summed E-state index contributed by atoms with van der Waals surface area (Å²) in [4.78, 5) is 17.5. The van der Waals surface area contributed by atoms with E-state index in [1.54, 1.807) is 23.7 Å². The smallest absolute Gasteiger partial charge is 0.263 e. The first-order valence-electron chi connectivity index (χ1n) is 10.4. The molecule has 2 aromatic rings. The number of rotatable bonds is 5. The molecule has 160 valence electrons. The highest BCUT2D eigenvalue weighted by molar-refractivity contribution is 7.93. The topological polar surface area (TPSA) is 88.2 Å². The molecule has 0 radical (unpaired) electrons. The lowest BCUT2D eigenvalue weighted by atomic mass is 9.40. The van der Waals surface area contributed by atoms with E-state index in [9.17, 15) is 13.2 Å². The third-order valence-electron chi connectivity index (χ3n) is 7.18. The van der Waals surface area contributed by atoms with Gasteiger partial charge in [0.25, 0.3) is 10.0 Å². The normalized spacial score (nSPS) is 34.7. The standard InChI is InChI=1S/C22H27N3O3S2/c1-20-9-15-10-21(2,12-20)14-22(11-15,13-20)18(26)24-16-3-5-17(6-4-16)30(27,28)25-19-23-7-8-29-19/h3-8,15H,9-14H2,1-2H3,(H,23,25)(H,24,26)/t15?,20-,21+,22?. The molecule has 0 aliphatic heterocycles. The van der Waals surface area contributed by atoms with Crippen molar-refractivity contribution < 1.29 is 13.2 Å². The van der Waals surface area contributed by atoms with Crippen LogP contribution in [-0.4, -0.2) is 19.3 Å². The molecule has 4 aliphatic rings. The van der Waals surface area contributed by atoms with E-state index in [0.29, 0.717) is 16.7 Å². The molecule has 4 saturated carbocycles. The monoisotopic (exact) mass is 445 g/mol. The first-order chi connectivity index (χ1) is 14.1. The highest BCUT2D eigenvalue weighted by Gasteiger charge is 2.62. The van der Waals surface area contributed by atoms with Gasteiger partial charge in [-0.3, -0.25) is 9.52 Å². The number of aromatic nitrogens is 1. The van der Waals surface area contributed by atoms with Crippen LogP contribution in [-0.2, 0) is 14.8 Å². The molecule has 1 amide bonds. The Labute approximate surface area is 181 Å². The summed E-state index contributed by atoms with van der Waals surface area (Å²) in [6, 6.07) is 6.37. The summed E-state index contributed by atoms with van der Waals surface area (Å²) in [5, 5.41) is 5.13. The summed E-state index contributed by atoms with van der Waals surface area (Å²) in [7, 11) is -3.70. The van der Waals surface area contributed by atoms with Gasteiger partial charge in [0.05, 0.1) is 10.3 Å². The van der Waals surface area contributed by atoms with Crippen LogP contribution in [0, 0.1) is 22.2 Å². The SMILES string of the molecule is C[C@]12CC3CC(C(=O)Nc4ccc(S(=O)(=O)Nc5nccs5)cc4)(C1)C[C@@](C)(C3)C2. The maximum Gasteiger partial charge on any atom is 0.263 e. The van der Waals surface area contributed by atoms with Gasteiger partial charge in [-0.1, -0.05) is 13.8 Å². The van der Waals surface area contributed by atoms with E-state index in [0.717, 1.165) is 19.3 Å². The van der Waals surface area contributed by atoms with Crippen molar-refractivity contribution in [1.29, 1.82) is 0 Å². The fourth-order valence-electron chi connectivity index (χ4n) is 7.13. The Hall–Kier alpha value is -1.93. The minimum Gasteiger partial charge on any atom is -0.326 e. The fraction of sp³-hybridized carbons (Fsp3) is 0.545. The molecule has 30 heavy (non-hydrogen) atoms. The highest BCUT2D eigenvalue weighted by Crippen LogP contribution is 2.69. The van der Waals surface area contributed by atoms with Crippen molar-refractivity contribution in [3.8, 4) is 0 Å². The van der Waals surface area contributed by atoms with Gasteiger partial charge in [-0.2, -0.15) is 0 Å². The minimum absolute atomic E-state index is 0.0977. The highest BCUT2D eigenvalue weighted by atomic mass is 32.2. The molecule has 2 N–H and O–H groups in total. The van der Waals surface area contributed by atoms with Crippen LogP contribution in [0.5, 0.6) is 0 Å². The van der Waals surface area contributed by atoms with Gasteiger partial charge < -0.3 is 5.32 Å². The quantitative estimate of drug-likeness (QED) is 0.687. The van der Waals surface area contributed by atoms with E-state index in [-0.39, 0.29) is 27.0 Å². The molecule has 1 heterocycles. The zero-order valence-corrected chi connectivity index (χ0v) is 18.9. The maximum atomic E-state index is 13.4. The molecule has 2 unspecified atom stereocenters. The Morgan fingerprint density at radius 2 is 1.73 bits per heavy atom. The Balaban J connectivity index is 1.32. The van der Waals surface area contributed by atoms with Crippen molar-refractivity contribution in [2.45, 2.75) is 57.3 Å². The van der Waals surface area contributed by atoms with E-state index in [1.165, 1.54) is 42.7 Å².